The Morgan fingerprint density at radius 3 is 0.957 bits per heavy atom. The molecule has 14 nitrogen and oxygen atoms in total. The molecule has 0 spiro atoms. The predicted molar refractivity (Wildman–Crippen MR) is 167 cm³/mol. The Bertz CT molecular complexity index is 773. The molecule has 0 saturated carbocycles. The van der Waals surface area contributed by atoms with Gasteiger partial charge in [-0.2, -0.15) is 0 Å². The van der Waals surface area contributed by atoms with Crippen LogP contribution in [0.4, 0.5) is 0 Å². The maximum atomic E-state index is 12.2. The summed E-state index contributed by atoms with van der Waals surface area (Å²) < 4.78 is 10.1. The van der Waals surface area contributed by atoms with Crippen LogP contribution in [0.2, 0.25) is 0 Å². The van der Waals surface area contributed by atoms with Crippen molar-refractivity contribution in [1.82, 2.24) is 10.6 Å². The highest BCUT2D eigenvalue weighted by Gasteiger charge is 2.45. The van der Waals surface area contributed by atoms with Gasteiger partial charge >= 0.3 is 0 Å². The summed E-state index contributed by atoms with van der Waals surface area (Å²) >= 11 is 0. The van der Waals surface area contributed by atoms with Gasteiger partial charge in [-0.25, -0.2) is 0 Å². The van der Waals surface area contributed by atoms with Crippen LogP contribution in [0, 0.1) is 0 Å². The van der Waals surface area contributed by atoms with Gasteiger partial charge in [0.25, 0.3) is 0 Å². The number of hydrogen-bond donors (Lipinski definition) is 10. The molecule has 270 valence electrons. The number of nitrogens with one attached hydrogen (secondary N) is 2. The fourth-order valence-corrected chi connectivity index (χ4v) is 6.07. The SMILES string of the molecule is O=C(CCCCCCCCCCCCCCCCCCC(=O)N[C@@H]1[C@@H](O)[C@H](O)[C@@H](CO)O[C@H]1O)N[C@@H]1[C@@H](O)[C@H](O)[C@@H](CO)O[C@H]1O. The van der Waals surface area contributed by atoms with Gasteiger partial charge < -0.3 is 61.0 Å². The quantitative estimate of drug-likeness (QED) is 0.0642. The summed E-state index contributed by atoms with van der Waals surface area (Å²) in [6, 6.07) is -2.28. The third kappa shape index (κ3) is 14.3. The van der Waals surface area contributed by atoms with Crippen LogP contribution in [0.1, 0.15) is 116 Å². The minimum absolute atomic E-state index is 0.265. The highest BCUT2D eigenvalue weighted by Crippen LogP contribution is 2.21. The molecule has 10 atom stereocenters. The molecule has 2 rings (SSSR count). The molecule has 0 unspecified atom stereocenters. The predicted octanol–water partition coefficient (Wildman–Crippen LogP) is -0.160. The molecule has 10 N–H and O–H groups in total. The fourth-order valence-electron chi connectivity index (χ4n) is 6.07. The topological polar surface area (TPSA) is 238 Å². The number of ether oxygens (including phenoxy) is 2. The Morgan fingerprint density at radius 2 is 0.696 bits per heavy atom. The van der Waals surface area contributed by atoms with Gasteiger partial charge in [0.2, 0.25) is 11.8 Å². The molecule has 0 bridgehead atoms. The highest BCUT2D eigenvalue weighted by molar-refractivity contribution is 5.76. The van der Waals surface area contributed by atoms with E-state index in [-0.39, 0.29) is 24.7 Å². The Balaban J connectivity index is 1.33. The molecular formula is C32H60N2O12. The number of carbonyl (C=O) groups is 2. The van der Waals surface area contributed by atoms with Gasteiger partial charge in [-0.15, -0.1) is 0 Å². The Kier molecular flexibility index (Phi) is 20.3. The van der Waals surface area contributed by atoms with Gasteiger partial charge in [0.15, 0.2) is 12.6 Å². The maximum absolute atomic E-state index is 12.2. The summed E-state index contributed by atoms with van der Waals surface area (Å²) in [5.41, 5.74) is 0. The molecule has 14 heteroatoms. The van der Waals surface area contributed by atoms with Crippen molar-refractivity contribution >= 4 is 11.8 Å². The van der Waals surface area contributed by atoms with Crippen molar-refractivity contribution in [2.24, 2.45) is 0 Å². The molecule has 2 fully saturated rings. The van der Waals surface area contributed by atoms with Gasteiger partial charge in [0.1, 0.15) is 48.7 Å². The maximum Gasteiger partial charge on any atom is 0.220 e. The third-order valence-electron chi connectivity index (χ3n) is 9.01. The van der Waals surface area contributed by atoms with Crippen LogP contribution in [0.25, 0.3) is 0 Å². The molecule has 0 aromatic rings. The van der Waals surface area contributed by atoms with Crippen molar-refractivity contribution in [3.63, 3.8) is 0 Å². The summed E-state index contributed by atoms with van der Waals surface area (Å²) in [5, 5.41) is 83.2. The van der Waals surface area contributed by atoms with Crippen LogP contribution in [0.15, 0.2) is 0 Å². The van der Waals surface area contributed by atoms with Gasteiger partial charge in [0.05, 0.1) is 13.2 Å². The lowest BCUT2D eigenvalue weighted by Crippen LogP contribution is -2.64. The van der Waals surface area contributed by atoms with Crippen molar-refractivity contribution in [3.05, 3.63) is 0 Å². The smallest absolute Gasteiger partial charge is 0.220 e. The normalized spacial score (nSPS) is 31.5. The molecule has 0 aliphatic carbocycles. The molecule has 0 aromatic carbocycles. The first-order valence-corrected chi connectivity index (χ1v) is 17.3. The lowest BCUT2D eigenvalue weighted by atomic mass is 9.97. The van der Waals surface area contributed by atoms with E-state index < -0.39 is 74.5 Å². The summed E-state index contributed by atoms with van der Waals surface area (Å²) in [6.45, 7) is -1.09. The van der Waals surface area contributed by atoms with Crippen LogP contribution in [0.5, 0.6) is 0 Å². The fraction of sp³-hybridized carbons (Fsp3) is 0.938. The molecule has 2 amide bonds. The van der Waals surface area contributed by atoms with Gasteiger partial charge in [-0.3, -0.25) is 9.59 Å². The molecule has 2 heterocycles. The minimum Gasteiger partial charge on any atom is -0.394 e. The van der Waals surface area contributed by atoms with Crippen LogP contribution in [-0.4, -0.2) is 127 Å². The standard InChI is InChI=1S/C32H60N2O12/c35-19-21-27(39)29(41)25(31(43)45-21)33-23(37)17-15-13-11-9-7-5-3-1-2-4-6-8-10-12-14-16-18-24(38)34-26-30(42)28(40)22(20-36)46-32(26)44/h21-22,25-32,35-36,39-44H,1-20H2,(H,33,37)(H,34,38)/t21-,22-,25-,26-,27-,28-,29-,30-,31-,32-/m1/s1. The molecular weight excluding hydrogens is 604 g/mol. The van der Waals surface area contributed by atoms with E-state index in [9.17, 15) is 40.2 Å². The molecule has 0 radical (unpaired) electrons. The lowest BCUT2D eigenvalue weighted by Gasteiger charge is -2.40. The monoisotopic (exact) mass is 664 g/mol. The average molecular weight is 665 g/mol. The second-order valence-electron chi connectivity index (χ2n) is 12.8. The first-order chi connectivity index (χ1) is 22.1. The Labute approximate surface area is 272 Å². The third-order valence-corrected chi connectivity index (χ3v) is 9.01. The van der Waals surface area contributed by atoms with Crippen molar-refractivity contribution in [2.45, 2.75) is 177 Å². The zero-order valence-electron chi connectivity index (χ0n) is 27.1. The second kappa shape index (κ2) is 23.0. The summed E-state index contributed by atoms with van der Waals surface area (Å²) in [7, 11) is 0. The number of aliphatic hydroxyl groups is 8. The van der Waals surface area contributed by atoms with E-state index >= 15 is 0 Å². The van der Waals surface area contributed by atoms with Crippen LogP contribution < -0.4 is 10.6 Å². The van der Waals surface area contributed by atoms with E-state index in [1.807, 2.05) is 0 Å². The number of rotatable bonds is 23. The van der Waals surface area contributed by atoms with Crippen LogP contribution >= 0.6 is 0 Å². The van der Waals surface area contributed by atoms with Gasteiger partial charge in [0, 0.05) is 12.8 Å². The van der Waals surface area contributed by atoms with Gasteiger partial charge in [-0.05, 0) is 12.8 Å². The van der Waals surface area contributed by atoms with E-state index in [0.29, 0.717) is 12.8 Å². The lowest BCUT2D eigenvalue weighted by molar-refractivity contribution is -0.253. The zero-order valence-corrected chi connectivity index (χ0v) is 27.1. The first kappa shape index (κ1) is 40.7. The van der Waals surface area contributed by atoms with E-state index in [4.69, 9.17) is 19.7 Å². The molecule has 2 aliphatic heterocycles. The highest BCUT2D eigenvalue weighted by atomic mass is 16.6. The van der Waals surface area contributed by atoms with Crippen molar-refractivity contribution in [2.75, 3.05) is 13.2 Å². The molecule has 46 heavy (non-hydrogen) atoms. The van der Waals surface area contributed by atoms with E-state index in [1.54, 1.807) is 0 Å². The molecule has 2 saturated heterocycles. The Hall–Kier alpha value is -1.46. The van der Waals surface area contributed by atoms with Gasteiger partial charge in [-0.1, -0.05) is 89.9 Å². The largest absolute Gasteiger partial charge is 0.394 e. The van der Waals surface area contributed by atoms with E-state index in [1.165, 1.54) is 51.4 Å². The second-order valence-corrected chi connectivity index (χ2v) is 12.8. The number of carbonyl (C=O) groups excluding carboxylic acids is 2. The van der Waals surface area contributed by atoms with Crippen molar-refractivity contribution in [3.8, 4) is 0 Å². The zero-order chi connectivity index (χ0) is 33.9. The Morgan fingerprint density at radius 1 is 0.435 bits per heavy atom. The number of amides is 2. The van der Waals surface area contributed by atoms with Crippen molar-refractivity contribution in [1.29, 1.82) is 0 Å². The average Bonchev–Trinajstić information content (AvgIpc) is 3.04. The van der Waals surface area contributed by atoms with Crippen LogP contribution in [0.3, 0.4) is 0 Å². The number of aliphatic hydroxyl groups excluding tert-OH is 8. The summed E-state index contributed by atoms with van der Waals surface area (Å²) in [6.07, 6.45) is 6.98. The van der Waals surface area contributed by atoms with Crippen LogP contribution in [-0.2, 0) is 19.1 Å². The van der Waals surface area contributed by atoms with Crippen molar-refractivity contribution < 1.29 is 59.9 Å². The summed E-state index contributed by atoms with van der Waals surface area (Å²) in [5.74, 6) is -0.642. The summed E-state index contributed by atoms with van der Waals surface area (Å²) in [4.78, 5) is 24.4. The van der Waals surface area contributed by atoms with E-state index in [0.717, 1.165) is 38.5 Å². The molecule has 2 aliphatic rings. The molecule has 0 aromatic heterocycles. The first-order valence-electron chi connectivity index (χ1n) is 17.3. The number of unbranched alkanes of at least 4 members (excludes halogenated alkanes) is 15. The minimum atomic E-state index is -1.50. The van der Waals surface area contributed by atoms with E-state index in [2.05, 4.69) is 10.6 Å². The number of hydrogen-bond acceptors (Lipinski definition) is 12.